The first-order valence-electron chi connectivity index (χ1n) is 8.07. The normalized spacial score (nSPS) is 11.7. The maximum Gasteiger partial charge on any atom is 0.303 e. The van der Waals surface area contributed by atoms with Gasteiger partial charge in [-0.15, -0.1) is 0 Å². The lowest BCUT2D eigenvalue weighted by Gasteiger charge is -2.28. The number of methoxy groups -OCH3 is 1. The van der Waals surface area contributed by atoms with Crippen LogP contribution in [0.3, 0.4) is 0 Å². The minimum absolute atomic E-state index is 0.00541. The SMILES string of the molecule is C=c1c(CCC(=O)O)c(C(C)(C)COC)n(-c2ccc(F)cc2)c1=C. The van der Waals surface area contributed by atoms with Crippen molar-refractivity contribution in [1.29, 1.82) is 0 Å². The molecule has 0 spiro atoms. The maximum atomic E-state index is 13.3. The van der Waals surface area contributed by atoms with Crippen LogP contribution in [0.5, 0.6) is 0 Å². The summed E-state index contributed by atoms with van der Waals surface area (Å²) in [4.78, 5) is 11.1. The Kier molecular flexibility index (Phi) is 5.48. The minimum atomic E-state index is -0.866. The number of hydrogen-bond donors (Lipinski definition) is 1. The number of nitrogens with zero attached hydrogens (tertiary/aromatic N) is 1. The molecule has 2 rings (SSSR count). The van der Waals surface area contributed by atoms with Crippen LogP contribution in [0, 0.1) is 5.82 Å². The van der Waals surface area contributed by atoms with Gasteiger partial charge in [-0.3, -0.25) is 4.79 Å². The highest BCUT2D eigenvalue weighted by molar-refractivity contribution is 5.67. The summed E-state index contributed by atoms with van der Waals surface area (Å²) in [5.74, 6) is -1.18. The molecule has 0 saturated carbocycles. The Hall–Kier alpha value is -2.40. The average Bonchev–Trinajstić information content (AvgIpc) is 2.79. The summed E-state index contributed by atoms with van der Waals surface area (Å²) in [7, 11) is 1.63. The first-order valence-corrected chi connectivity index (χ1v) is 8.07. The van der Waals surface area contributed by atoms with Crippen molar-refractivity contribution in [2.24, 2.45) is 0 Å². The van der Waals surface area contributed by atoms with E-state index in [9.17, 15) is 9.18 Å². The van der Waals surface area contributed by atoms with E-state index in [0.717, 1.165) is 16.9 Å². The molecule has 0 unspecified atom stereocenters. The van der Waals surface area contributed by atoms with E-state index < -0.39 is 11.4 Å². The van der Waals surface area contributed by atoms with Crippen LogP contribution in [-0.2, 0) is 21.4 Å². The van der Waals surface area contributed by atoms with Gasteiger partial charge in [0, 0.05) is 35.7 Å². The summed E-state index contributed by atoms with van der Waals surface area (Å²) in [5.41, 5.74) is 2.12. The molecule has 0 aliphatic rings. The number of aromatic nitrogens is 1. The average molecular weight is 345 g/mol. The summed E-state index contributed by atoms with van der Waals surface area (Å²) in [6.45, 7) is 12.7. The van der Waals surface area contributed by atoms with Gasteiger partial charge in [0.2, 0.25) is 0 Å². The summed E-state index contributed by atoms with van der Waals surface area (Å²) >= 11 is 0. The first-order chi connectivity index (χ1) is 11.7. The summed E-state index contributed by atoms with van der Waals surface area (Å²) < 4.78 is 20.6. The van der Waals surface area contributed by atoms with Gasteiger partial charge in [-0.2, -0.15) is 0 Å². The van der Waals surface area contributed by atoms with Crippen molar-refractivity contribution in [3.8, 4) is 5.69 Å². The van der Waals surface area contributed by atoms with Gasteiger partial charge in [-0.25, -0.2) is 4.39 Å². The number of ether oxygens (including phenoxy) is 1. The van der Waals surface area contributed by atoms with Crippen molar-refractivity contribution in [2.75, 3.05) is 13.7 Å². The number of halogens is 1. The standard InChI is InChI=1S/C20H24FNO3/c1-13-14(2)22(16-8-6-15(21)7-9-16)19(20(3,4)12-25-5)17(13)10-11-18(23)24/h6-9H,1-2,10-12H2,3-5H3,(H,23,24). The van der Waals surface area contributed by atoms with Gasteiger partial charge in [-0.1, -0.05) is 27.0 Å². The maximum absolute atomic E-state index is 13.3. The van der Waals surface area contributed by atoms with Gasteiger partial charge in [-0.05, 0) is 41.5 Å². The lowest BCUT2D eigenvalue weighted by molar-refractivity contribution is -0.136. The Morgan fingerprint density at radius 1 is 1.28 bits per heavy atom. The number of carboxylic acids is 1. The Labute approximate surface area is 146 Å². The van der Waals surface area contributed by atoms with Crippen molar-refractivity contribution >= 4 is 19.1 Å². The van der Waals surface area contributed by atoms with Crippen molar-refractivity contribution in [3.05, 3.63) is 51.9 Å². The molecule has 134 valence electrons. The minimum Gasteiger partial charge on any atom is -0.481 e. The molecule has 0 fully saturated rings. The summed E-state index contributed by atoms with van der Waals surface area (Å²) in [5, 5.41) is 10.5. The van der Waals surface area contributed by atoms with Gasteiger partial charge >= 0.3 is 5.97 Å². The third-order valence-corrected chi connectivity index (χ3v) is 4.31. The second-order valence-corrected chi connectivity index (χ2v) is 6.77. The Morgan fingerprint density at radius 2 is 1.88 bits per heavy atom. The van der Waals surface area contributed by atoms with Gasteiger partial charge in [0.25, 0.3) is 0 Å². The molecule has 0 atom stereocenters. The third kappa shape index (κ3) is 3.82. The predicted molar refractivity (Wildman–Crippen MR) is 96.9 cm³/mol. The quantitative estimate of drug-likeness (QED) is 0.838. The lowest BCUT2D eigenvalue weighted by atomic mass is 9.86. The fraction of sp³-hybridized carbons (Fsp3) is 0.350. The zero-order valence-electron chi connectivity index (χ0n) is 14.9. The number of carboxylic acid groups (broad SMARTS) is 1. The van der Waals surface area contributed by atoms with Crippen LogP contribution in [0.1, 0.15) is 31.5 Å². The van der Waals surface area contributed by atoms with E-state index in [-0.39, 0.29) is 12.2 Å². The smallest absolute Gasteiger partial charge is 0.303 e. The highest BCUT2D eigenvalue weighted by Crippen LogP contribution is 2.28. The topological polar surface area (TPSA) is 51.5 Å². The zero-order chi connectivity index (χ0) is 18.8. The van der Waals surface area contributed by atoms with E-state index >= 15 is 0 Å². The fourth-order valence-corrected chi connectivity index (χ4v) is 3.24. The fourth-order valence-electron chi connectivity index (χ4n) is 3.24. The third-order valence-electron chi connectivity index (χ3n) is 4.31. The number of benzene rings is 1. The molecule has 1 aromatic heterocycles. The van der Waals surface area contributed by atoms with Crippen molar-refractivity contribution < 1.29 is 19.0 Å². The number of hydrogen-bond acceptors (Lipinski definition) is 2. The molecule has 1 heterocycles. The highest BCUT2D eigenvalue weighted by Gasteiger charge is 2.29. The van der Waals surface area contributed by atoms with Crippen LogP contribution in [0.4, 0.5) is 4.39 Å². The molecule has 2 aromatic rings. The lowest BCUT2D eigenvalue weighted by Crippen LogP contribution is -2.31. The van der Waals surface area contributed by atoms with E-state index in [1.807, 2.05) is 18.4 Å². The van der Waals surface area contributed by atoms with Gasteiger partial charge in [0.15, 0.2) is 0 Å². The number of aliphatic carboxylic acids is 1. The highest BCUT2D eigenvalue weighted by atomic mass is 19.1. The first kappa shape index (κ1) is 18.9. The van der Waals surface area contributed by atoms with Crippen LogP contribution >= 0.6 is 0 Å². The molecular formula is C20H24FNO3. The molecule has 0 aliphatic carbocycles. The Balaban J connectivity index is 2.75. The Morgan fingerprint density at radius 3 is 2.40 bits per heavy atom. The van der Waals surface area contributed by atoms with E-state index in [1.165, 1.54) is 12.1 Å². The van der Waals surface area contributed by atoms with E-state index in [1.54, 1.807) is 19.2 Å². The van der Waals surface area contributed by atoms with E-state index in [4.69, 9.17) is 9.84 Å². The molecule has 0 aliphatic heterocycles. The van der Waals surface area contributed by atoms with Crippen molar-refractivity contribution in [1.82, 2.24) is 4.57 Å². The summed E-state index contributed by atoms with van der Waals surface area (Å²) in [6, 6.07) is 6.14. The zero-order valence-corrected chi connectivity index (χ0v) is 14.9. The number of rotatable bonds is 7. The summed E-state index contributed by atoms with van der Waals surface area (Å²) in [6.07, 6.45) is 0.360. The second kappa shape index (κ2) is 7.23. The van der Waals surface area contributed by atoms with E-state index in [0.29, 0.717) is 23.6 Å². The van der Waals surface area contributed by atoms with Crippen LogP contribution in [-0.4, -0.2) is 29.4 Å². The van der Waals surface area contributed by atoms with Crippen LogP contribution in [0.25, 0.3) is 18.8 Å². The molecule has 25 heavy (non-hydrogen) atoms. The molecule has 0 bridgehead atoms. The molecule has 0 radical (unpaired) electrons. The molecule has 0 amide bonds. The van der Waals surface area contributed by atoms with Crippen molar-refractivity contribution in [2.45, 2.75) is 32.1 Å². The van der Waals surface area contributed by atoms with Crippen molar-refractivity contribution in [3.63, 3.8) is 0 Å². The van der Waals surface area contributed by atoms with Crippen LogP contribution in [0.2, 0.25) is 0 Å². The van der Waals surface area contributed by atoms with Crippen LogP contribution in [0.15, 0.2) is 24.3 Å². The van der Waals surface area contributed by atoms with E-state index in [2.05, 4.69) is 13.2 Å². The molecule has 4 nitrogen and oxygen atoms in total. The molecule has 1 aromatic carbocycles. The van der Waals surface area contributed by atoms with Crippen LogP contribution < -0.4 is 10.6 Å². The van der Waals surface area contributed by atoms with Gasteiger partial charge in [0.05, 0.1) is 6.61 Å². The van der Waals surface area contributed by atoms with Gasteiger partial charge < -0.3 is 14.4 Å². The monoisotopic (exact) mass is 345 g/mol. The van der Waals surface area contributed by atoms with Gasteiger partial charge in [0.1, 0.15) is 5.82 Å². The molecular weight excluding hydrogens is 321 g/mol. The predicted octanol–water partition coefficient (Wildman–Crippen LogP) is 2.38. The number of carbonyl (C=O) groups is 1. The Bertz CT molecular complexity index is 866. The molecule has 5 heteroatoms. The second-order valence-electron chi connectivity index (χ2n) is 6.77. The molecule has 1 N–H and O–H groups in total. The largest absolute Gasteiger partial charge is 0.481 e. The molecule has 0 saturated heterocycles.